The highest BCUT2D eigenvalue weighted by molar-refractivity contribution is 6.30. The maximum Gasteiger partial charge on any atom is 0.164 e. The van der Waals surface area contributed by atoms with Crippen molar-refractivity contribution in [3.8, 4) is 11.4 Å². The Morgan fingerprint density at radius 2 is 1.38 bits per heavy atom. The predicted molar refractivity (Wildman–Crippen MR) is 162 cm³/mol. The second-order valence-corrected chi connectivity index (χ2v) is 13.0. The van der Waals surface area contributed by atoms with E-state index < -0.39 is 0 Å². The highest BCUT2D eigenvalue weighted by atomic mass is 15.1. The van der Waals surface area contributed by atoms with Crippen LogP contribution in [0.2, 0.25) is 0 Å². The Bertz CT molecular complexity index is 2070. The molecule has 7 aromatic rings. The van der Waals surface area contributed by atoms with Crippen LogP contribution in [-0.2, 0) is 10.8 Å². The molecule has 0 aliphatic rings. The molecule has 0 fully saturated rings. The number of fused-ring (bicyclic) bond motifs is 6. The number of nitrogens with zero attached hydrogens (tertiary/aromatic N) is 5. The van der Waals surface area contributed by atoms with Crippen LogP contribution in [0, 0.1) is 13.8 Å². The summed E-state index contributed by atoms with van der Waals surface area (Å²) in [7, 11) is 0. The van der Waals surface area contributed by atoms with Crippen LogP contribution < -0.4 is 0 Å². The van der Waals surface area contributed by atoms with E-state index in [-0.39, 0.29) is 10.8 Å². The lowest BCUT2D eigenvalue weighted by molar-refractivity contribution is 0.497. The second kappa shape index (κ2) is 7.72. The van der Waals surface area contributed by atoms with Gasteiger partial charge in [-0.1, -0.05) is 71.4 Å². The molecule has 39 heavy (non-hydrogen) atoms. The summed E-state index contributed by atoms with van der Waals surface area (Å²) in [4.78, 5) is 20.2. The fraction of sp³-hybridized carbons (Fsp3) is 0.294. The molecule has 4 aromatic heterocycles. The SMILES string of the molecule is Cc1cc(C)c2c(c1)c1nccc3cc(-c4nc(C(C)(C)C)nc(C(C)(C)C)n4)c4c5ccccc5n2c4c31. The number of hydrogen-bond acceptors (Lipinski definition) is 4. The average Bonchev–Trinajstić information content (AvgIpc) is 3.22. The number of para-hydroxylation sites is 1. The van der Waals surface area contributed by atoms with Gasteiger partial charge in [-0.15, -0.1) is 0 Å². The Morgan fingerprint density at radius 1 is 0.692 bits per heavy atom. The van der Waals surface area contributed by atoms with Gasteiger partial charge in [0.2, 0.25) is 0 Å². The van der Waals surface area contributed by atoms with Crippen molar-refractivity contribution in [2.45, 2.75) is 66.2 Å². The van der Waals surface area contributed by atoms with E-state index in [0.717, 1.165) is 33.9 Å². The maximum atomic E-state index is 5.13. The summed E-state index contributed by atoms with van der Waals surface area (Å²) >= 11 is 0. The molecule has 0 spiro atoms. The van der Waals surface area contributed by atoms with Crippen molar-refractivity contribution >= 4 is 49.0 Å². The quantitative estimate of drug-likeness (QED) is 0.164. The predicted octanol–water partition coefficient (Wildman–Crippen LogP) is 8.45. The van der Waals surface area contributed by atoms with Crippen LogP contribution in [0.5, 0.6) is 0 Å². The molecule has 0 bridgehead atoms. The lowest BCUT2D eigenvalue weighted by Gasteiger charge is -2.23. The number of aromatic nitrogens is 5. The largest absolute Gasteiger partial charge is 0.308 e. The zero-order valence-electron chi connectivity index (χ0n) is 23.9. The lowest BCUT2D eigenvalue weighted by atomic mass is 9.92. The van der Waals surface area contributed by atoms with Gasteiger partial charge in [-0.3, -0.25) is 4.98 Å². The van der Waals surface area contributed by atoms with E-state index in [4.69, 9.17) is 19.9 Å². The molecular weight excluding hydrogens is 478 g/mol. The molecule has 0 aliphatic heterocycles. The first-order valence-electron chi connectivity index (χ1n) is 13.7. The summed E-state index contributed by atoms with van der Waals surface area (Å²) in [6.07, 6.45) is 1.93. The van der Waals surface area contributed by atoms with Gasteiger partial charge in [-0.2, -0.15) is 0 Å². The van der Waals surface area contributed by atoms with Crippen LogP contribution in [0.25, 0.3) is 60.4 Å². The van der Waals surface area contributed by atoms with Gasteiger partial charge in [-0.05, 0) is 49.1 Å². The average molecular weight is 512 g/mol. The van der Waals surface area contributed by atoms with Gasteiger partial charge in [0.25, 0.3) is 0 Å². The second-order valence-electron chi connectivity index (χ2n) is 13.0. The third-order valence-corrected chi connectivity index (χ3v) is 7.81. The molecule has 4 heterocycles. The highest BCUT2D eigenvalue weighted by Gasteiger charge is 2.28. The van der Waals surface area contributed by atoms with Gasteiger partial charge in [0.05, 0.1) is 22.1 Å². The van der Waals surface area contributed by atoms with Crippen molar-refractivity contribution in [1.29, 1.82) is 0 Å². The monoisotopic (exact) mass is 511 g/mol. The molecular formula is C34H33N5. The Balaban J connectivity index is 1.76. The topological polar surface area (TPSA) is 56.0 Å². The third kappa shape index (κ3) is 3.38. The minimum Gasteiger partial charge on any atom is -0.308 e. The molecule has 194 valence electrons. The molecule has 0 saturated carbocycles. The van der Waals surface area contributed by atoms with Crippen molar-refractivity contribution in [1.82, 2.24) is 24.3 Å². The smallest absolute Gasteiger partial charge is 0.164 e. The summed E-state index contributed by atoms with van der Waals surface area (Å²) in [5, 5.41) is 5.88. The van der Waals surface area contributed by atoms with Crippen LogP contribution in [-0.4, -0.2) is 24.3 Å². The minimum absolute atomic E-state index is 0.210. The van der Waals surface area contributed by atoms with Crippen LogP contribution in [0.1, 0.15) is 64.3 Å². The van der Waals surface area contributed by atoms with Gasteiger partial charge in [-0.25, -0.2) is 15.0 Å². The van der Waals surface area contributed by atoms with Crippen molar-refractivity contribution in [3.63, 3.8) is 0 Å². The summed E-state index contributed by atoms with van der Waals surface area (Å²) in [5.74, 6) is 2.36. The summed E-state index contributed by atoms with van der Waals surface area (Å²) < 4.78 is 2.45. The van der Waals surface area contributed by atoms with Crippen molar-refractivity contribution in [2.24, 2.45) is 0 Å². The van der Waals surface area contributed by atoms with E-state index >= 15 is 0 Å². The molecule has 7 rings (SSSR count). The van der Waals surface area contributed by atoms with Gasteiger partial charge in [0.1, 0.15) is 11.6 Å². The minimum atomic E-state index is -0.210. The van der Waals surface area contributed by atoms with Crippen LogP contribution in [0.15, 0.2) is 54.7 Å². The molecule has 5 nitrogen and oxygen atoms in total. The molecule has 0 radical (unpaired) electrons. The molecule has 0 N–H and O–H groups in total. The standard InChI is InChI=1S/C34H33N5/c1-18-15-19(2)28-23(16-18)27-25-20(13-14-35-27)17-22(26-21-11-9-10-12-24(21)39(28)29(25)26)30-36-31(33(3,4)5)38-32(37-30)34(6,7)8/h9-17H,1-8H3. The van der Waals surface area contributed by atoms with Gasteiger partial charge in [0.15, 0.2) is 5.82 Å². The molecule has 0 unspecified atom stereocenters. The van der Waals surface area contributed by atoms with Crippen molar-refractivity contribution < 1.29 is 0 Å². The van der Waals surface area contributed by atoms with Crippen molar-refractivity contribution in [2.75, 3.05) is 0 Å². The summed E-state index contributed by atoms with van der Waals surface area (Å²) in [5.41, 5.74) is 7.72. The lowest BCUT2D eigenvalue weighted by Crippen LogP contribution is -2.24. The fourth-order valence-electron chi connectivity index (χ4n) is 6.04. The Kier molecular flexibility index (Phi) is 4.74. The summed E-state index contributed by atoms with van der Waals surface area (Å²) in [6.45, 7) is 17.4. The zero-order chi connectivity index (χ0) is 27.4. The van der Waals surface area contributed by atoms with E-state index in [1.54, 1.807) is 0 Å². The van der Waals surface area contributed by atoms with E-state index in [1.807, 2.05) is 6.20 Å². The number of pyridine rings is 2. The van der Waals surface area contributed by atoms with Gasteiger partial charge < -0.3 is 4.40 Å². The Labute approximate surface area is 228 Å². The summed E-state index contributed by atoms with van der Waals surface area (Å²) in [6, 6.07) is 17.6. The van der Waals surface area contributed by atoms with Crippen LogP contribution in [0.3, 0.4) is 0 Å². The Morgan fingerprint density at radius 3 is 2.08 bits per heavy atom. The highest BCUT2D eigenvalue weighted by Crippen LogP contribution is 2.45. The normalized spacial score (nSPS) is 13.1. The zero-order valence-corrected chi connectivity index (χ0v) is 23.9. The van der Waals surface area contributed by atoms with E-state index in [0.29, 0.717) is 0 Å². The molecule has 0 saturated heterocycles. The first-order chi connectivity index (χ1) is 18.4. The first-order valence-corrected chi connectivity index (χ1v) is 13.7. The first kappa shape index (κ1) is 24.0. The number of rotatable bonds is 1. The van der Waals surface area contributed by atoms with Crippen LogP contribution in [0.4, 0.5) is 0 Å². The molecule has 0 aliphatic carbocycles. The van der Waals surface area contributed by atoms with Crippen LogP contribution >= 0.6 is 0 Å². The molecule has 5 heteroatoms. The number of benzene rings is 3. The molecule has 0 amide bonds. The van der Waals surface area contributed by atoms with Crippen molar-refractivity contribution in [3.05, 3.63) is 77.5 Å². The third-order valence-electron chi connectivity index (χ3n) is 7.81. The van der Waals surface area contributed by atoms with E-state index in [9.17, 15) is 0 Å². The molecule has 3 aromatic carbocycles. The fourth-order valence-corrected chi connectivity index (χ4v) is 6.04. The van der Waals surface area contributed by atoms with Gasteiger partial charge >= 0.3 is 0 Å². The maximum absolute atomic E-state index is 5.13. The molecule has 0 atom stereocenters. The Hall–Kier alpha value is -4.12. The number of aryl methyl sites for hydroxylation is 2. The van der Waals surface area contributed by atoms with Gasteiger partial charge in [0, 0.05) is 44.1 Å². The van der Waals surface area contributed by atoms with E-state index in [1.165, 1.54) is 49.2 Å². The number of hydrogen-bond donors (Lipinski definition) is 0. The van der Waals surface area contributed by atoms with E-state index in [2.05, 4.69) is 108 Å².